The van der Waals surface area contributed by atoms with Gasteiger partial charge in [0.15, 0.2) is 0 Å². The van der Waals surface area contributed by atoms with Gasteiger partial charge in [-0.05, 0) is 31.2 Å². The fraction of sp³-hybridized carbons (Fsp3) is 0.150. The lowest BCUT2D eigenvalue weighted by Gasteiger charge is -2.11. The van der Waals surface area contributed by atoms with Gasteiger partial charge in [0.2, 0.25) is 0 Å². The Morgan fingerprint density at radius 2 is 1.88 bits per heavy atom. The first-order valence-electron chi connectivity index (χ1n) is 7.79. The van der Waals surface area contributed by atoms with Crippen LogP contribution in [0.3, 0.4) is 0 Å². The smallest absolute Gasteiger partial charge is 0.316 e. The molecule has 1 unspecified atom stereocenters. The van der Waals surface area contributed by atoms with Crippen LogP contribution in [0.1, 0.15) is 24.3 Å². The van der Waals surface area contributed by atoms with Gasteiger partial charge in [-0.3, -0.25) is 0 Å². The van der Waals surface area contributed by atoms with E-state index in [0.717, 1.165) is 22.3 Å². The minimum absolute atomic E-state index is 0.223. The molecule has 2 aromatic carbocycles. The highest BCUT2D eigenvalue weighted by Gasteiger charge is 2.13. The van der Waals surface area contributed by atoms with Crippen LogP contribution < -0.4 is 10.6 Å². The Balaban J connectivity index is 1.52. The van der Waals surface area contributed by atoms with Crippen molar-refractivity contribution in [1.82, 2.24) is 10.6 Å². The van der Waals surface area contributed by atoms with Gasteiger partial charge in [0.1, 0.15) is 11.3 Å². The summed E-state index contributed by atoms with van der Waals surface area (Å²) in [6, 6.07) is 18.9. The number of carbonyl (C=O) groups is 1. The SMILES string of the molecule is CC(NC(=O)NCC#Cc1ccccc1)c1cc2ccccc2o1. The second-order valence-corrected chi connectivity index (χ2v) is 5.40. The van der Waals surface area contributed by atoms with Crippen LogP contribution in [0, 0.1) is 11.8 Å². The van der Waals surface area contributed by atoms with Gasteiger partial charge < -0.3 is 15.1 Å². The van der Waals surface area contributed by atoms with Gasteiger partial charge in [-0.25, -0.2) is 4.79 Å². The molecule has 1 aromatic heterocycles. The van der Waals surface area contributed by atoms with Gasteiger partial charge in [0.25, 0.3) is 0 Å². The van der Waals surface area contributed by atoms with Crippen molar-refractivity contribution in [2.45, 2.75) is 13.0 Å². The van der Waals surface area contributed by atoms with Gasteiger partial charge >= 0.3 is 6.03 Å². The molecule has 0 saturated carbocycles. The summed E-state index contributed by atoms with van der Waals surface area (Å²) in [5.74, 6) is 6.64. The van der Waals surface area contributed by atoms with E-state index in [4.69, 9.17) is 4.42 Å². The number of carbonyl (C=O) groups excluding carboxylic acids is 1. The molecule has 4 heteroatoms. The van der Waals surface area contributed by atoms with Crippen molar-refractivity contribution < 1.29 is 9.21 Å². The summed E-state index contributed by atoms with van der Waals surface area (Å²) in [6.45, 7) is 2.17. The molecule has 1 heterocycles. The fourth-order valence-electron chi connectivity index (χ4n) is 2.33. The molecular weight excluding hydrogens is 300 g/mol. The van der Waals surface area contributed by atoms with E-state index in [9.17, 15) is 4.79 Å². The quantitative estimate of drug-likeness (QED) is 0.721. The van der Waals surface area contributed by atoms with E-state index in [1.165, 1.54) is 0 Å². The fourth-order valence-corrected chi connectivity index (χ4v) is 2.33. The van der Waals surface area contributed by atoms with E-state index in [2.05, 4.69) is 22.5 Å². The number of urea groups is 1. The summed E-state index contributed by atoms with van der Waals surface area (Å²) in [4.78, 5) is 11.9. The van der Waals surface area contributed by atoms with Crippen molar-refractivity contribution in [2.75, 3.05) is 6.54 Å². The van der Waals surface area contributed by atoms with E-state index in [-0.39, 0.29) is 18.6 Å². The van der Waals surface area contributed by atoms with Gasteiger partial charge in [-0.1, -0.05) is 48.2 Å². The summed E-state index contributed by atoms with van der Waals surface area (Å²) >= 11 is 0. The number of nitrogens with one attached hydrogen (secondary N) is 2. The molecule has 0 bridgehead atoms. The average Bonchev–Trinajstić information content (AvgIpc) is 3.04. The average molecular weight is 318 g/mol. The molecule has 0 fully saturated rings. The Hall–Kier alpha value is -3.19. The van der Waals surface area contributed by atoms with E-state index in [1.807, 2.05) is 67.6 Å². The number of furan rings is 1. The van der Waals surface area contributed by atoms with Crippen LogP contribution in [-0.2, 0) is 0 Å². The number of hydrogen-bond donors (Lipinski definition) is 2. The molecule has 0 spiro atoms. The highest BCUT2D eigenvalue weighted by Crippen LogP contribution is 2.23. The highest BCUT2D eigenvalue weighted by molar-refractivity contribution is 5.78. The Bertz CT molecular complexity index is 855. The minimum Gasteiger partial charge on any atom is -0.459 e. The normalized spacial score (nSPS) is 11.4. The first-order chi connectivity index (χ1) is 11.7. The molecule has 0 aliphatic heterocycles. The second kappa shape index (κ2) is 7.38. The minimum atomic E-state index is -0.273. The molecule has 0 aliphatic rings. The summed E-state index contributed by atoms with van der Waals surface area (Å²) < 4.78 is 5.74. The van der Waals surface area contributed by atoms with Crippen LogP contribution in [0.15, 0.2) is 65.1 Å². The molecule has 0 radical (unpaired) electrons. The Kier molecular flexibility index (Phi) is 4.83. The number of fused-ring (bicyclic) bond motifs is 1. The number of rotatable bonds is 3. The maximum absolute atomic E-state index is 11.9. The van der Waals surface area contributed by atoms with Crippen LogP contribution in [0.2, 0.25) is 0 Å². The largest absolute Gasteiger partial charge is 0.459 e. The Labute approximate surface area is 140 Å². The van der Waals surface area contributed by atoms with Crippen molar-refractivity contribution in [1.29, 1.82) is 0 Å². The Morgan fingerprint density at radius 1 is 1.12 bits per heavy atom. The molecule has 4 nitrogen and oxygen atoms in total. The monoisotopic (exact) mass is 318 g/mol. The van der Waals surface area contributed by atoms with Crippen LogP contribution >= 0.6 is 0 Å². The van der Waals surface area contributed by atoms with E-state index in [0.29, 0.717) is 0 Å². The third-order valence-corrected chi connectivity index (χ3v) is 3.56. The van der Waals surface area contributed by atoms with Crippen molar-refractivity contribution in [2.24, 2.45) is 0 Å². The lowest BCUT2D eigenvalue weighted by atomic mass is 10.2. The first kappa shape index (κ1) is 15.7. The molecule has 3 rings (SSSR count). The molecule has 3 aromatic rings. The molecule has 120 valence electrons. The summed E-state index contributed by atoms with van der Waals surface area (Å²) in [5, 5.41) is 6.59. The maximum Gasteiger partial charge on any atom is 0.316 e. The van der Waals surface area contributed by atoms with Gasteiger partial charge in [0, 0.05) is 10.9 Å². The summed E-state index contributed by atoms with van der Waals surface area (Å²) in [7, 11) is 0. The third kappa shape index (κ3) is 3.96. The molecular formula is C20H18N2O2. The number of amides is 2. The standard InChI is InChI=1S/C20H18N2O2/c1-15(19-14-17-11-5-6-12-18(17)24-19)22-20(23)21-13-7-10-16-8-3-2-4-9-16/h2-6,8-9,11-12,14-15H,13H2,1H3,(H2,21,22,23). The zero-order chi connectivity index (χ0) is 16.8. The predicted octanol–water partition coefficient (Wildman–Crippen LogP) is 3.84. The Morgan fingerprint density at radius 3 is 2.67 bits per heavy atom. The van der Waals surface area contributed by atoms with E-state index < -0.39 is 0 Å². The van der Waals surface area contributed by atoms with Crippen molar-refractivity contribution in [3.05, 3.63) is 72.0 Å². The molecule has 0 saturated heterocycles. The van der Waals surface area contributed by atoms with E-state index >= 15 is 0 Å². The highest BCUT2D eigenvalue weighted by atomic mass is 16.3. The second-order valence-electron chi connectivity index (χ2n) is 5.40. The number of para-hydroxylation sites is 1. The van der Waals surface area contributed by atoms with Crippen LogP contribution in [-0.4, -0.2) is 12.6 Å². The van der Waals surface area contributed by atoms with Crippen molar-refractivity contribution in [3.63, 3.8) is 0 Å². The maximum atomic E-state index is 11.9. The van der Waals surface area contributed by atoms with E-state index in [1.54, 1.807) is 0 Å². The lowest BCUT2D eigenvalue weighted by molar-refractivity contribution is 0.237. The van der Waals surface area contributed by atoms with Gasteiger partial charge in [-0.2, -0.15) is 0 Å². The number of benzene rings is 2. The molecule has 0 aliphatic carbocycles. The third-order valence-electron chi connectivity index (χ3n) is 3.56. The van der Waals surface area contributed by atoms with Gasteiger partial charge in [-0.15, -0.1) is 0 Å². The zero-order valence-corrected chi connectivity index (χ0v) is 13.4. The van der Waals surface area contributed by atoms with Crippen LogP contribution in [0.4, 0.5) is 4.79 Å². The predicted molar refractivity (Wildman–Crippen MR) is 94.5 cm³/mol. The molecule has 2 amide bonds. The molecule has 24 heavy (non-hydrogen) atoms. The van der Waals surface area contributed by atoms with Crippen molar-refractivity contribution in [3.8, 4) is 11.8 Å². The van der Waals surface area contributed by atoms with Gasteiger partial charge in [0.05, 0.1) is 12.6 Å². The summed E-state index contributed by atoms with van der Waals surface area (Å²) in [5.41, 5.74) is 1.74. The van der Waals surface area contributed by atoms with Crippen molar-refractivity contribution >= 4 is 17.0 Å². The summed E-state index contributed by atoms with van der Waals surface area (Å²) in [6.07, 6.45) is 0. The topological polar surface area (TPSA) is 54.3 Å². The van der Waals surface area contributed by atoms with Crippen LogP contribution in [0.5, 0.6) is 0 Å². The number of hydrogen-bond acceptors (Lipinski definition) is 2. The molecule has 2 N–H and O–H groups in total. The first-order valence-corrected chi connectivity index (χ1v) is 7.79. The van der Waals surface area contributed by atoms with Crippen LogP contribution in [0.25, 0.3) is 11.0 Å². The lowest BCUT2D eigenvalue weighted by Crippen LogP contribution is -2.37. The molecule has 1 atom stereocenters. The zero-order valence-electron chi connectivity index (χ0n) is 13.4.